The van der Waals surface area contributed by atoms with E-state index in [1.165, 1.54) is 17.7 Å². The SMILES string of the molecule is C[C@H](N[C@H]1CCCC[C@@H]1Cc1ccc2c(c1F)CN(C1CCC(=O)NC1O)C2=O)C1CCOCC1. The molecule has 1 aromatic carbocycles. The van der Waals surface area contributed by atoms with Gasteiger partial charge in [0.05, 0.1) is 12.6 Å². The van der Waals surface area contributed by atoms with Crippen LogP contribution in [0.2, 0.25) is 0 Å². The number of fused-ring (bicyclic) bond motifs is 1. The molecule has 3 aliphatic heterocycles. The summed E-state index contributed by atoms with van der Waals surface area (Å²) in [4.78, 5) is 26.1. The van der Waals surface area contributed by atoms with Crippen molar-refractivity contribution in [2.75, 3.05) is 13.2 Å². The summed E-state index contributed by atoms with van der Waals surface area (Å²) in [6.45, 7) is 4.09. The third kappa shape index (κ3) is 5.11. The van der Waals surface area contributed by atoms with Crippen molar-refractivity contribution in [3.8, 4) is 0 Å². The predicted octanol–water partition coefficient (Wildman–Crippen LogP) is 2.88. The van der Waals surface area contributed by atoms with Gasteiger partial charge in [0, 0.05) is 42.8 Å². The molecule has 0 aromatic heterocycles. The minimum absolute atomic E-state index is 0.137. The second kappa shape index (κ2) is 10.5. The van der Waals surface area contributed by atoms with Crippen LogP contribution in [0.3, 0.4) is 0 Å². The number of piperidine rings is 1. The van der Waals surface area contributed by atoms with E-state index < -0.39 is 12.3 Å². The molecule has 3 fully saturated rings. The Morgan fingerprint density at radius 3 is 2.71 bits per heavy atom. The van der Waals surface area contributed by atoms with Gasteiger partial charge < -0.3 is 25.4 Å². The molecule has 4 aliphatic rings. The highest BCUT2D eigenvalue weighted by molar-refractivity contribution is 5.99. The normalized spacial score (nSPS) is 30.8. The van der Waals surface area contributed by atoms with Gasteiger partial charge in [-0.2, -0.15) is 0 Å². The van der Waals surface area contributed by atoms with Crippen molar-refractivity contribution in [1.82, 2.24) is 15.5 Å². The number of hydrogen-bond acceptors (Lipinski definition) is 5. The Balaban J connectivity index is 1.28. The highest BCUT2D eigenvalue weighted by Crippen LogP contribution is 2.34. The molecular weight excluding hydrogens is 449 g/mol. The molecule has 1 saturated carbocycles. The van der Waals surface area contributed by atoms with Crippen LogP contribution in [0.5, 0.6) is 0 Å². The lowest BCUT2D eigenvalue weighted by Crippen LogP contribution is -2.55. The standard InChI is InChI=1S/C27H38FN3O4/c1-16(17-10-12-35-13-11-17)29-22-5-3-2-4-18(22)14-19-6-7-20-21(25(19)28)15-31(27(20)34)23-8-9-24(32)30-26(23)33/h6-7,16-18,22-23,26,29,33H,2-5,8-15H2,1H3,(H,30,32)/t16-,18+,22-,23?,26?/m0/s1. The maximum absolute atomic E-state index is 15.7. The lowest BCUT2D eigenvalue weighted by molar-refractivity contribution is -0.129. The van der Waals surface area contributed by atoms with E-state index in [1.807, 2.05) is 0 Å². The summed E-state index contributed by atoms with van der Waals surface area (Å²) in [5.74, 6) is 0.206. The first kappa shape index (κ1) is 24.7. The zero-order valence-electron chi connectivity index (χ0n) is 20.6. The Morgan fingerprint density at radius 2 is 1.94 bits per heavy atom. The highest BCUT2D eigenvalue weighted by atomic mass is 19.1. The molecule has 7 nitrogen and oxygen atoms in total. The third-order valence-electron chi connectivity index (χ3n) is 8.72. The molecule has 8 heteroatoms. The van der Waals surface area contributed by atoms with Crippen molar-refractivity contribution >= 4 is 11.8 Å². The summed E-state index contributed by atoms with van der Waals surface area (Å²) < 4.78 is 21.3. The van der Waals surface area contributed by atoms with Crippen LogP contribution in [0.4, 0.5) is 4.39 Å². The molecule has 1 aromatic rings. The zero-order valence-corrected chi connectivity index (χ0v) is 20.6. The van der Waals surface area contributed by atoms with E-state index in [2.05, 4.69) is 17.6 Å². The van der Waals surface area contributed by atoms with E-state index in [-0.39, 0.29) is 30.6 Å². The summed E-state index contributed by atoms with van der Waals surface area (Å²) >= 11 is 0. The zero-order chi connectivity index (χ0) is 24.5. The minimum atomic E-state index is -1.12. The Morgan fingerprint density at radius 1 is 1.17 bits per heavy atom. The van der Waals surface area contributed by atoms with Gasteiger partial charge in [-0.15, -0.1) is 0 Å². The van der Waals surface area contributed by atoms with Crippen LogP contribution in [-0.4, -0.2) is 59.4 Å². The van der Waals surface area contributed by atoms with E-state index in [0.29, 0.717) is 53.5 Å². The largest absolute Gasteiger partial charge is 0.381 e. The number of amides is 2. The molecule has 5 rings (SSSR count). The summed E-state index contributed by atoms with van der Waals surface area (Å²) in [5.41, 5.74) is 1.47. The third-order valence-corrected chi connectivity index (χ3v) is 8.72. The van der Waals surface area contributed by atoms with Crippen LogP contribution >= 0.6 is 0 Å². The first-order valence-corrected chi connectivity index (χ1v) is 13.3. The number of halogens is 1. The molecule has 3 heterocycles. The second-order valence-electron chi connectivity index (χ2n) is 10.9. The molecule has 2 unspecified atom stereocenters. The molecule has 192 valence electrons. The van der Waals surface area contributed by atoms with E-state index >= 15 is 4.39 Å². The Bertz CT molecular complexity index is 951. The van der Waals surface area contributed by atoms with Crippen molar-refractivity contribution < 1.29 is 23.8 Å². The highest BCUT2D eigenvalue weighted by Gasteiger charge is 2.40. The number of nitrogens with one attached hydrogen (secondary N) is 2. The number of aliphatic hydroxyl groups excluding tert-OH is 1. The Labute approximate surface area is 206 Å². The molecule has 3 N–H and O–H groups in total. The maximum Gasteiger partial charge on any atom is 0.255 e. The van der Waals surface area contributed by atoms with Crippen molar-refractivity contribution in [2.45, 2.75) is 95.6 Å². The molecule has 1 aliphatic carbocycles. The topological polar surface area (TPSA) is 90.9 Å². The van der Waals surface area contributed by atoms with Gasteiger partial charge in [-0.1, -0.05) is 18.9 Å². The number of nitrogens with zero attached hydrogens (tertiary/aromatic N) is 1. The van der Waals surface area contributed by atoms with E-state index in [4.69, 9.17) is 4.74 Å². The van der Waals surface area contributed by atoms with Gasteiger partial charge in [0.1, 0.15) is 12.0 Å². The summed E-state index contributed by atoms with van der Waals surface area (Å²) in [6, 6.07) is 3.78. The van der Waals surface area contributed by atoms with Gasteiger partial charge in [-0.3, -0.25) is 9.59 Å². The maximum atomic E-state index is 15.7. The van der Waals surface area contributed by atoms with Crippen molar-refractivity contribution in [1.29, 1.82) is 0 Å². The average Bonchev–Trinajstić information content (AvgIpc) is 3.19. The van der Waals surface area contributed by atoms with Crippen LogP contribution in [0, 0.1) is 17.7 Å². The Hall–Kier alpha value is -2.03. The van der Waals surface area contributed by atoms with Gasteiger partial charge in [0.25, 0.3) is 5.91 Å². The fraction of sp³-hybridized carbons (Fsp3) is 0.704. The molecular formula is C27H38FN3O4. The number of ether oxygens (including phenoxy) is 1. The van der Waals surface area contributed by atoms with Gasteiger partial charge in [-0.25, -0.2) is 4.39 Å². The van der Waals surface area contributed by atoms with Crippen LogP contribution in [0.15, 0.2) is 12.1 Å². The van der Waals surface area contributed by atoms with E-state index in [0.717, 1.165) is 38.9 Å². The molecule has 0 radical (unpaired) electrons. The minimum Gasteiger partial charge on any atom is -0.381 e. The Kier molecular flexibility index (Phi) is 7.42. The quantitative estimate of drug-likeness (QED) is 0.574. The van der Waals surface area contributed by atoms with Crippen molar-refractivity contribution in [2.24, 2.45) is 11.8 Å². The fourth-order valence-electron chi connectivity index (χ4n) is 6.59. The number of aliphatic hydroxyl groups is 1. The van der Waals surface area contributed by atoms with E-state index in [1.54, 1.807) is 12.1 Å². The second-order valence-corrected chi connectivity index (χ2v) is 10.9. The van der Waals surface area contributed by atoms with E-state index in [9.17, 15) is 14.7 Å². The molecule has 2 saturated heterocycles. The number of carbonyl (C=O) groups is 2. The lowest BCUT2D eigenvalue weighted by Gasteiger charge is -2.38. The molecule has 5 atom stereocenters. The average molecular weight is 488 g/mol. The molecule has 0 spiro atoms. The first-order valence-electron chi connectivity index (χ1n) is 13.3. The summed E-state index contributed by atoms with van der Waals surface area (Å²) in [5, 5.41) is 16.7. The van der Waals surface area contributed by atoms with Crippen molar-refractivity contribution in [3.05, 3.63) is 34.6 Å². The first-order chi connectivity index (χ1) is 16.9. The van der Waals surface area contributed by atoms with Gasteiger partial charge in [-0.05, 0) is 68.9 Å². The van der Waals surface area contributed by atoms with Crippen LogP contribution in [0.25, 0.3) is 0 Å². The summed E-state index contributed by atoms with van der Waals surface area (Å²) in [7, 11) is 0. The molecule has 2 amide bonds. The van der Waals surface area contributed by atoms with Crippen molar-refractivity contribution in [3.63, 3.8) is 0 Å². The number of benzene rings is 1. The van der Waals surface area contributed by atoms with Gasteiger partial charge >= 0.3 is 0 Å². The molecule has 0 bridgehead atoms. The van der Waals surface area contributed by atoms with Gasteiger partial charge in [0.2, 0.25) is 5.91 Å². The number of hydrogen-bond donors (Lipinski definition) is 3. The van der Waals surface area contributed by atoms with Crippen LogP contribution in [-0.2, 0) is 22.5 Å². The van der Waals surface area contributed by atoms with Gasteiger partial charge in [0.15, 0.2) is 0 Å². The lowest BCUT2D eigenvalue weighted by atomic mass is 9.79. The number of rotatable bonds is 6. The smallest absolute Gasteiger partial charge is 0.255 e. The van der Waals surface area contributed by atoms with Crippen LogP contribution < -0.4 is 10.6 Å². The summed E-state index contributed by atoms with van der Waals surface area (Å²) in [6.07, 6.45) is 6.90. The predicted molar refractivity (Wildman–Crippen MR) is 129 cm³/mol. The van der Waals surface area contributed by atoms with Crippen LogP contribution in [0.1, 0.15) is 79.8 Å². The monoisotopic (exact) mass is 487 g/mol. The fourth-order valence-corrected chi connectivity index (χ4v) is 6.59. The molecule has 35 heavy (non-hydrogen) atoms. The number of carbonyl (C=O) groups excluding carboxylic acids is 2.